The number of aromatic nitrogens is 2. The number of aryl methyl sites for hydroxylation is 1. The molecule has 120 valence electrons. The molecule has 1 aromatic carbocycles. The number of nitrogens with one attached hydrogen (secondary N) is 1. The first-order valence-electron chi connectivity index (χ1n) is 7.51. The molecule has 6 heteroatoms. The third-order valence-electron chi connectivity index (χ3n) is 4.17. The van der Waals surface area contributed by atoms with Crippen LogP contribution in [0.2, 0.25) is 0 Å². The van der Waals surface area contributed by atoms with Crippen LogP contribution in [0.4, 0.5) is 0 Å². The number of carbonyl (C=O) groups is 2. The topological polar surface area (TPSA) is 73.2 Å². The fourth-order valence-corrected chi connectivity index (χ4v) is 2.68. The number of ketones is 1. The Morgan fingerprint density at radius 2 is 2.04 bits per heavy atom. The molecular formula is C17H19N3O3. The van der Waals surface area contributed by atoms with Gasteiger partial charge in [-0.05, 0) is 17.7 Å². The zero-order chi connectivity index (χ0) is 16.4. The number of Topliss-reactive ketones (excluding diaryl/α,β-unsaturated/α-hetero) is 1. The fourth-order valence-electron chi connectivity index (χ4n) is 2.68. The molecule has 0 saturated heterocycles. The quantitative estimate of drug-likeness (QED) is 0.910. The zero-order valence-electron chi connectivity index (χ0n) is 13.2. The minimum Gasteiger partial charge on any atom is -0.497 e. The van der Waals surface area contributed by atoms with Crippen LogP contribution in [-0.2, 0) is 16.6 Å². The van der Waals surface area contributed by atoms with E-state index in [1.54, 1.807) is 13.3 Å². The van der Waals surface area contributed by atoms with E-state index in [1.807, 2.05) is 42.1 Å². The highest BCUT2D eigenvalue weighted by atomic mass is 16.5. The maximum Gasteiger partial charge on any atom is 0.224 e. The van der Waals surface area contributed by atoms with Crippen LogP contribution in [0.1, 0.15) is 30.3 Å². The first-order chi connectivity index (χ1) is 11.1. The standard InChI is InChI=1S/C17H19N3O3/c1-20-8-7-18-16(20)15(11-3-5-14(23-2)6-4-11)19-17(22)12-9-13(21)10-12/h3-8,12,15H,9-10H2,1-2H3,(H,19,22). The van der Waals surface area contributed by atoms with Gasteiger partial charge in [-0.3, -0.25) is 9.59 Å². The normalized spacial score (nSPS) is 15.8. The Morgan fingerprint density at radius 3 is 2.57 bits per heavy atom. The number of nitrogens with zero attached hydrogens (tertiary/aromatic N) is 2. The molecular weight excluding hydrogens is 294 g/mol. The second kappa shape index (κ2) is 6.24. The first kappa shape index (κ1) is 15.3. The number of carbonyl (C=O) groups excluding carboxylic acids is 2. The van der Waals surface area contributed by atoms with E-state index in [-0.39, 0.29) is 23.7 Å². The number of amides is 1. The summed E-state index contributed by atoms with van der Waals surface area (Å²) in [6, 6.07) is 7.16. The molecule has 1 saturated carbocycles. The molecule has 3 rings (SSSR count). The number of ether oxygens (including phenoxy) is 1. The molecule has 1 heterocycles. The Kier molecular flexibility index (Phi) is 4.14. The molecule has 23 heavy (non-hydrogen) atoms. The van der Waals surface area contributed by atoms with E-state index in [4.69, 9.17) is 4.74 Å². The van der Waals surface area contributed by atoms with Crippen molar-refractivity contribution >= 4 is 11.7 Å². The maximum atomic E-state index is 12.4. The average Bonchev–Trinajstić information content (AvgIpc) is 2.95. The molecule has 1 fully saturated rings. The van der Waals surface area contributed by atoms with Crippen LogP contribution in [0, 0.1) is 5.92 Å². The summed E-state index contributed by atoms with van der Waals surface area (Å²) in [5.41, 5.74) is 0.916. The van der Waals surface area contributed by atoms with Crippen molar-refractivity contribution in [1.82, 2.24) is 14.9 Å². The molecule has 1 aliphatic rings. The molecule has 0 aliphatic heterocycles. The molecule has 2 aromatic rings. The summed E-state index contributed by atoms with van der Waals surface area (Å²) in [6.45, 7) is 0. The summed E-state index contributed by atoms with van der Waals surface area (Å²) >= 11 is 0. The van der Waals surface area contributed by atoms with Crippen molar-refractivity contribution in [1.29, 1.82) is 0 Å². The van der Waals surface area contributed by atoms with Gasteiger partial charge in [-0.1, -0.05) is 12.1 Å². The Balaban J connectivity index is 1.85. The summed E-state index contributed by atoms with van der Waals surface area (Å²) < 4.78 is 7.05. The van der Waals surface area contributed by atoms with E-state index in [0.717, 1.165) is 17.1 Å². The predicted molar refractivity (Wildman–Crippen MR) is 83.9 cm³/mol. The fraction of sp³-hybridized carbons (Fsp3) is 0.353. The Labute approximate surface area is 134 Å². The van der Waals surface area contributed by atoms with Crippen LogP contribution in [0.3, 0.4) is 0 Å². The van der Waals surface area contributed by atoms with Crippen LogP contribution >= 0.6 is 0 Å². The summed E-state index contributed by atoms with van der Waals surface area (Å²) in [5.74, 6) is 1.32. The van der Waals surface area contributed by atoms with Gasteiger partial charge in [-0.25, -0.2) is 4.98 Å². The number of imidazole rings is 1. The van der Waals surface area contributed by atoms with E-state index in [1.165, 1.54) is 0 Å². The van der Waals surface area contributed by atoms with Gasteiger partial charge in [0.2, 0.25) is 5.91 Å². The van der Waals surface area contributed by atoms with E-state index < -0.39 is 0 Å². The van der Waals surface area contributed by atoms with Crippen molar-refractivity contribution in [2.75, 3.05) is 7.11 Å². The first-order valence-corrected chi connectivity index (χ1v) is 7.51. The van der Waals surface area contributed by atoms with Crippen LogP contribution in [0.15, 0.2) is 36.7 Å². The number of benzene rings is 1. The second-order valence-electron chi connectivity index (χ2n) is 5.75. The molecule has 1 amide bonds. The van der Waals surface area contributed by atoms with Crippen molar-refractivity contribution in [3.63, 3.8) is 0 Å². The summed E-state index contributed by atoms with van der Waals surface area (Å²) in [4.78, 5) is 27.8. The van der Waals surface area contributed by atoms with E-state index in [9.17, 15) is 9.59 Å². The van der Waals surface area contributed by atoms with Crippen LogP contribution < -0.4 is 10.1 Å². The number of methoxy groups -OCH3 is 1. The number of hydrogen-bond acceptors (Lipinski definition) is 4. The van der Waals surface area contributed by atoms with Gasteiger partial charge in [-0.15, -0.1) is 0 Å². The minimum absolute atomic E-state index is 0.103. The predicted octanol–water partition coefficient (Wildman–Crippen LogP) is 1.61. The molecule has 1 N–H and O–H groups in total. The third-order valence-corrected chi connectivity index (χ3v) is 4.17. The Bertz CT molecular complexity index is 713. The van der Waals surface area contributed by atoms with E-state index in [2.05, 4.69) is 10.3 Å². The lowest BCUT2D eigenvalue weighted by Gasteiger charge is -2.26. The lowest BCUT2D eigenvalue weighted by Crippen LogP contribution is -2.41. The molecule has 1 unspecified atom stereocenters. The SMILES string of the molecule is COc1ccc(C(NC(=O)C2CC(=O)C2)c2nccn2C)cc1. The van der Waals surface area contributed by atoms with Gasteiger partial charge in [0.15, 0.2) is 0 Å². The van der Waals surface area contributed by atoms with E-state index in [0.29, 0.717) is 12.8 Å². The van der Waals surface area contributed by atoms with Gasteiger partial charge < -0.3 is 14.6 Å². The van der Waals surface area contributed by atoms with Gasteiger partial charge in [0.25, 0.3) is 0 Å². The van der Waals surface area contributed by atoms with Crippen molar-refractivity contribution < 1.29 is 14.3 Å². The lowest BCUT2D eigenvalue weighted by molar-refractivity contribution is -0.138. The highest BCUT2D eigenvalue weighted by molar-refractivity contribution is 5.96. The average molecular weight is 313 g/mol. The minimum atomic E-state index is -0.357. The summed E-state index contributed by atoms with van der Waals surface area (Å²) in [5, 5.41) is 3.02. The van der Waals surface area contributed by atoms with Crippen molar-refractivity contribution in [2.24, 2.45) is 13.0 Å². The largest absolute Gasteiger partial charge is 0.497 e. The molecule has 1 aliphatic carbocycles. The van der Waals surface area contributed by atoms with Gasteiger partial charge in [0, 0.05) is 32.3 Å². The van der Waals surface area contributed by atoms with Crippen LogP contribution in [0.25, 0.3) is 0 Å². The smallest absolute Gasteiger partial charge is 0.224 e. The lowest BCUT2D eigenvalue weighted by atomic mass is 9.83. The monoisotopic (exact) mass is 313 g/mol. The van der Waals surface area contributed by atoms with Gasteiger partial charge >= 0.3 is 0 Å². The second-order valence-corrected chi connectivity index (χ2v) is 5.75. The van der Waals surface area contributed by atoms with Gasteiger partial charge in [-0.2, -0.15) is 0 Å². The van der Waals surface area contributed by atoms with Crippen molar-refractivity contribution in [3.05, 3.63) is 48.0 Å². The molecule has 1 aromatic heterocycles. The van der Waals surface area contributed by atoms with Crippen LogP contribution in [-0.4, -0.2) is 28.4 Å². The number of rotatable bonds is 5. The molecule has 0 spiro atoms. The van der Waals surface area contributed by atoms with Crippen LogP contribution in [0.5, 0.6) is 5.75 Å². The third kappa shape index (κ3) is 3.11. The Hall–Kier alpha value is -2.63. The van der Waals surface area contributed by atoms with Gasteiger partial charge in [0.1, 0.15) is 23.4 Å². The number of hydrogen-bond donors (Lipinski definition) is 1. The highest BCUT2D eigenvalue weighted by Gasteiger charge is 2.34. The summed E-state index contributed by atoms with van der Waals surface area (Å²) in [7, 11) is 3.50. The molecule has 0 bridgehead atoms. The molecule has 6 nitrogen and oxygen atoms in total. The Morgan fingerprint density at radius 1 is 1.35 bits per heavy atom. The molecule has 0 radical (unpaired) electrons. The zero-order valence-corrected chi connectivity index (χ0v) is 13.2. The van der Waals surface area contributed by atoms with Gasteiger partial charge in [0.05, 0.1) is 13.0 Å². The molecule has 1 atom stereocenters. The van der Waals surface area contributed by atoms with Crippen molar-refractivity contribution in [2.45, 2.75) is 18.9 Å². The van der Waals surface area contributed by atoms with E-state index >= 15 is 0 Å². The van der Waals surface area contributed by atoms with Crippen molar-refractivity contribution in [3.8, 4) is 5.75 Å². The summed E-state index contributed by atoms with van der Waals surface area (Å²) in [6.07, 6.45) is 4.21. The maximum absolute atomic E-state index is 12.4. The highest BCUT2D eigenvalue weighted by Crippen LogP contribution is 2.27.